The van der Waals surface area contributed by atoms with Gasteiger partial charge in [0.15, 0.2) is 0 Å². The number of carbonyl (C=O) groups is 1. The minimum atomic E-state index is -0.0800. The van der Waals surface area contributed by atoms with Crippen LogP contribution in [0.1, 0.15) is 35.4 Å². The fourth-order valence-corrected chi connectivity index (χ4v) is 2.03. The standard InChI is InChI=1S/C11H16N2O2/c1-7-8(5-6-15-7)11(14)13-10-4-2-3-9(10)12/h5-6,9-10H,2-4,12H2,1H3,(H,13,14). The molecule has 1 saturated carbocycles. The lowest BCUT2D eigenvalue weighted by Gasteiger charge is -2.16. The molecule has 0 bridgehead atoms. The van der Waals surface area contributed by atoms with E-state index in [2.05, 4.69) is 5.32 Å². The first-order chi connectivity index (χ1) is 7.18. The van der Waals surface area contributed by atoms with Crippen molar-refractivity contribution in [2.24, 2.45) is 5.73 Å². The molecule has 3 N–H and O–H groups in total. The maximum absolute atomic E-state index is 11.8. The van der Waals surface area contributed by atoms with Crippen LogP contribution in [0.5, 0.6) is 0 Å². The summed E-state index contributed by atoms with van der Waals surface area (Å²) < 4.78 is 5.08. The molecule has 1 fully saturated rings. The molecule has 2 unspecified atom stereocenters. The highest BCUT2D eigenvalue weighted by molar-refractivity contribution is 5.95. The number of nitrogens with two attached hydrogens (primary N) is 1. The summed E-state index contributed by atoms with van der Waals surface area (Å²) in [6.45, 7) is 1.78. The van der Waals surface area contributed by atoms with E-state index in [0.717, 1.165) is 19.3 Å². The molecule has 0 aromatic carbocycles. The molecule has 0 spiro atoms. The Morgan fingerprint density at radius 1 is 1.60 bits per heavy atom. The molecule has 1 aromatic rings. The van der Waals surface area contributed by atoms with E-state index in [1.54, 1.807) is 13.0 Å². The van der Waals surface area contributed by atoms with Gasteiger partial charge in [0.1, 0.15) is 5.76 Å². The molecule has 1 aliphatic carbocycles. The number of rotatable bonds is 2. The van der Waals surface area contributed by atoms with Crippen molar-refractivity contribution in [3.05, 3.63) is 23.7 Å². The van der Waals surface area contributed by atoms with E-state index < -0.39 is 0 Å². The van der Waals surface area contributed by atoms with Gasteiger partial charge in [0.05, 0.1) is 11.8 Å². The number of amides is 1. The van der Waals surface area contributed by atoms with E-state index in [9.17, 15) is 4.79 Å². The summed E-state index contributed by atoms with van der Waals surface area (Å²) >= 11 is 0. The first-order valence-corrected chi connectivity index (χ1v) is 5.29. The summed E-state index contributed by atoms with van der Waals surface area (Å²) in [5.41, 5.74) is 6.49. The minimum Gasteiger partial charge on any atom is -0.469 e. The van der Waals surface area contributed by atoms with Crippen molar-refractivity contribution in [2.75, 3.05) is 0 Å². The van der Waals surface area contributed by atoms with E-state index in [-0.39, 0.29) is 18.0 Å². The van der Waals surface area contributed by atoms with Crippen molar-refractivity contribution >= 4 is 5.91 Å². The van der Waals surface area contributed by atoms with Crippen LogP contribution in [0.4, 0.5) is 0 Å². The molecule has 4 nitrogen and oxygen atoms in total. The topological polar surface area (TPSA) is 68.3 Å². The molecule has 0 saturated heterocycles. The second kappa shape index (κ2) is 4.06. The monoisotopic (exact) mass is 208 g/mol. The molecule has 1 aromatic heterocycles. The van der Waals surface area contributed by atoms with Gasteiger partial charge in [0.25, 0.3) is 5.91 Å². The number of carbonyl (C=O) groups excluding carboxylic acids is 1. The molecule has 2 atom stereocenters. The lowest BCUT2D eigenvalue weighted by molar-refractivity contribution is 0.0933. The quantitative estimate of drug-likeness (QED) is 0.767. The summed E-state index contributed by atoms with van der Waals surface area (Å²) in [4.78, 5) is 11.8. The summed E-state index contributed by atoms with van der Waals surface area (Å²) in [6.07, 6.45) is 4.59. The van der Waals surface area contributed by atoms with Gasteiger partial charge in [-0.25, -0.2) is 0 Å². The maximum atomic E-state index is 11.8. The van der Waals surface area contributed by atoms with Crippen molar-refractivity contribution in [3.63, 3.8) is 0 Å². The van der Waals surface area contributed by atoms with Gasteiger partial charge in [0.2, 0.25) is 0 Å². The molecule has 15 heavy (non-hydrogen) atoms. The second-order valence-electron chi connectivity index (χ2n) is 4.07. The van der Waals surface area contributed by atoms with Gasteiger partial charge in [-0.15, -0.1) is 0 Å². The molecule has 1 heterocycles. The fraction of sp³-hybridized carbons (Fsp3) is 0.545. The van der Waals surface area contributed by atoms with Crippen LogP contribution >= 0.6 is 0 Å². The van der Waals surface area contributed by atoms with E-state index in [1.165, 1.54) is 6.26 Å². The lowest BCUT2D eigenvalue weighted by atomic mass is 10.1. The molecule has 82 valence electrons. The third kappa shape index (κ3) is 2.04. The first kappa shape index (κ1) is 10.2. The molecular formula is C11H16N2O2. The van der Waals surface area contributed by atoms with Crippen LogP contribution in [0.2, 0.25) is 0 Å². The Morgan fingerprint density at radius 2 is 2.40 bits per heavy atom. The Morgan fingerprint density at radius 3 is 2.93 bits per heavy atom. The number of aryl methyl sites for hydroxylation is 1. The van der Waals surface area contributed by atoms with Crippen molar-refractivity contribution < 1.29 is 9.21 Å². The molecule has 2 rings (SSSR count). The van der Waals surface area contributed by atoms with Gasteiger partial charge < -0.3 is 15.5 Å². The summed E-state index contributed by atoms with van der Waals surface area (Å²) in [5.74, 6) is 0.572. The van der Waals surface area contributed by atoms with Gasteiger partial charge in [-0.2, -0.15) is 0 Å². The highest BCUT2D eigenvalue weighted by Crippen LogP contribution is 2.18. The summed E-state index contributed by atoms with van der Waals surface area (Å²) in [5, 5.41) is 2.95. The Kier molecular flexibility index (Phi) is 2.77. The lowest BCUT2D eigenvalue weighted by Crippen LogP contribution is -2.44. The fourth-order valence-electron chi connectivity index (χ4n) is 2.03. The van der Waals surface area contributed by atoms with Gasteiger partial charge in [-0.3, -0.25) is 4.79 Å². The van der Waals surface area contributed by atoms with Gasteiger partial charge in [-0.05, 0) is 32.3 Å². The third-order valence-electron chi connectivity index (χ3n) is 2.99. The molecule has 0 aliphatic heterocycles. The number of hydrogen-bond acceptors (Lipinski definition) is 3. The van der Waals surface area contributed by atoms with E-state index in [0.29, 0.717) is 11.3 Å². The van der Waals surface area contributed by atoms with Gasteiger partial charge >= 0.3 is 0 Å². The van der Waals surface area contributed by atoms with Crippen LogP contribution in [0.15, 0.2) is 16.7 Å². The van der Waals surface area contributed by atoms with Crippen LogP contribution in [0, 0.1) is 6.92 Å². The average molecular weight is 208 g/mol. The van der Waals surface area contributed by atoms with Crippen molar-refractivity contribution in [3.8, 4) is 0 Å². The van der Waals surface area contributed by atoms with Crippen LogP contribution in [-0.4, -0.2) is 18.0 Å². The SMILES string of the molecule is Cc1occc1C(=O)NC1CCCC1N. The van der Waals surface area contributed by atoms with E-state index in [4.69, 9.17) is 10.2 Å². The van der Waals surface area contributed by atoms with E-state index in [1.807, 2.05) is 0 Å². The van der Waals surface area contributed by atoms with Crippen LogP contribution in [0.25, 0.3) is 0 Å². The molecule has 1 amide bonds. The first-order valence-electron chi connectivity index (χ1n) is 5.29. The molecular weight excluding hydrogens is 192 g/mol. The van der Waals surface area contributed by atoms with Crippen LogP contribution < -0.4 is 11.1 Å². The number of nitrogens with one attached hydrogen (secondary N) is 1. The highest BCUT2D eigenvalue weighted by atomic mass is 16.3. The largest absolute Gasteiger partial charge is 0.469 e. The maximum Gasteiger partial charge on any atom is 0.255 e. The zero-order valence-electron chi connectivity index (χ0n) is 8.82. The van der Waals surface area contributed by atoms with Crippen LogP contribution in [-0.2, 0) is 0 Å². The average Bonchev–Trinajstić information content (AvgIpc) is 2.76. The zero-order chi connectivity index (χ0) is 10.8. The third-order valence-corrected chi connectivity index (χ3v) is 2.99. The Hall–Kier alpha value is -1.29. The van der Waals surface area contributed by atoms with Crippen LogP contribution in [0.3, 0.4) is 0 Å². The van der Waals surface area contributed by atoms with Crippen molar-refractivity contribution in [1.29, 1.82) is 0 Å². The smallest absolute Gasteiger partial charge is 0.255 e. The minimum absolute atomic E-state index is 0.0800. The van der Waals surface area contributed by atoms with Gasteiger partial charge in [0, 0.05) is 12.1 Å². The van der Waals surface area contributed by atoms with Crippen molar-refractivity contribution in [2.45, 2.75) is 38.3 Å². The van der Waals surface area contributed by atoms with E-state index >= 15 is 0 Å². The molecule has 0 radical (unpaired) electrons. The Balaban J connectivity index is 2.01. The number of furan rings is 1. The summed E-state index contributed by atoms with van der Waals surface area (Å²) in [7, 11) is 0. The predicted molar refractivity (Wildman–Crippen MR) is 56.5 cm³/mol. The second-order valence-corrected chi connectivity index (χ2v) is 4.07. The Bertz CT molecular complexity index is 359. The normalized spacial score (nSPS) is 25.5. The van der Waals surface area contributed by atoms with Crippen molar-refractivity contribution in [1.82, 2.24) is 5.32 Å². The summed E-state index contributed by atoms with van der Waals surface area (Å²) in [6, 6.07) is 1.90. The van der Waals surface area contributed by atoms with Gasteiger partial charge in [-0.1, -0.05) is 0 Å². The number of hydrogen-bond donors (Lipinski definition) is 2. The predicted octanol–water partition coefficient (Wildman–Crippen LogP) is 1.20. The Labute approximate surface area is 88.8 Å². The highest BCUT2D eigenvalue weighted by Gasteiger charge is 2.26. The molecule has 4 heteroatoms. The zero-order valence-corrected chi connectivity index (χ0v) is 8.82. The molecule has 1 aliphatic rings.